The molecule has 0 aliphatic carbocycles. The van der Waals surface area contributed by atoms with E-state index < -0.39 is 11.7 Å². The van der Waals surface area contributed by atoms with Crippen molar-refractivity contribution in [1.29, 1.82) is 0 Å². The Bertz CT molecular complexity index is 690. The highest BCUT2D eigenvalue weighted by Crippen LogP contribution is 2.50. The van der Waals surface area contributed by atoms with Crippen LogP contribution in [0.25, 0.3) is 6.08 Å². The van der Waals surface area contributed by atoms with E-state index in [0.717, 1.165) is 5.56 Å². The molecule has 0 spiro atoms. The first-order valence-corrected chi connectivity index (χ1v) is 7.19. The smallest absolute Gasteiger partial charge is 0.370 e. The van der Waals surface area contributed by atoms with E-state index in [-0.39, 0.29) is 29.5 Å². The number of halogens is 3. The van der Waals surface area contributed by atoms with E-state index in [2.05, 4.69) is 5.32 Å². The van der Waals surface area contributed by atoms with Crippen molar-refractivity contribution in [2.75, 3.05) is 23.8 Å². The number of carbonyl (C=O) groups is 1. The van der Waals surface area contributed by atoms with Crippen molar-refractivity contribution in [2.24, 2.45) is 0 Å². The number of fused-ring (bicyclic) bond motifs is 3. The zero-order chi connectivity index (χ0) is 16.2. The second kappa shape index (κ2) is 4.76. The average Bonchev–Trinajstić information content (AvgIpc) is 2.77. The molecule has 2 aliphatic rings. The van der Waals surface area contributed by atoms with Gasteiger partial charge in [0.05, 0.1) is 17.7 Å². The van der Waals surface area contributed by atoms with E-state index in [4.69, 9.17) is 0 Å². The third kappa shape index (κ3) is 2.09. The van der Waals surface area contributed by atoms with E-state index in [1.54, 1.807) is 20.9 Å². The predicted octanol–water partition coefficient (Wildman–Crippen LogP) is 3.79. The summed E-state index contributed by atoms with van der Waals surface area (Å²) in [5, 5.41) is 2.42. The largest absolute Gasteiger partial charge is 0.418 e. The van der Waals surface area contributed by atoms with Crippen LogP contribution in [0.2, 0.25) is 0 Å². The fraction of sp³-hybridized carbons (Fsp3) is 0.438. The molecule has 0 bridgehead atoms. The maximum absolute atomic E-state index is 13.7. The lowest BCUT2D eigenvalue weighted by atomic mass is 9.85. The Morgan fingerprint density at radius 2 is 2.00 bits per heavy atom. The highest BCUT2D eigenvalue weighted by atomic mass is 19.4. The highest BCUT2D eigenvalue weighted by Gasteiger charge is 2.43. The third-order valence-electron chi connectivity index (χ3n) is 4.16. The Labute approximate surface area is 126 Å². The van der Waals surface area contributed by atoms with Crippen LogP contribution in [-0.4, -0.2) is 19.5 Å². The number of hydrogen-bond donors (Lipinski definition) is 1. The monoisotopic (exact) mass is 310 g/mol. The quantitative estimate of drug-likeness (QED) is 0.856. The van der Waals surface area contributed by atoms with Gasteiger partial charge in [-0.3, -0.25) is 4.79 Å². The molecule has 1 aromatic rings. The Hall–Kier alpha value is -1.98. The van der Waals surface area contributed by atoms with Gasteiger partial charge in [0, 0.05) is 24.8 Å². The van der Waals surface area contributed by atoms with Gasteiger partial charge in [0.2, 0.25) is 5.91 Å². The van der Waals surface area contributed by atoms with Gasteiger partial charge < -0.3 is 10.2 Å². The maximum atomic E-state index is 13.7. The van der Waals surface area contributed by atoms with E-state index in [1.165, 1.54) is 0 Å². The van der Waals surface area contributed by atoms with Gasteiger partial charge in [0.15, 0.2) is 0 Å². The highest BCUT2D eigenvalue weighted by molar-refractivity contribution is 6.04. The van der Waals surface area contributed by atoms with Crippen LogP contribution in [0.3, 0.4) is 0 Å². The zero-order valence-corrected chi connectivity index (χ0v) is 12.6. The van der Waals surface area contributed by atoms with Crippen molar-refractivity contribution in [1.82, 2.24) is 0 Å². The molecule has 1 amide bonds. The van der Waals surface area contributed by atoms with Crippen molar-refractivity contribution < 1.29 is 18.0 Å². The van der Waals surface area contributed by atoms with E-state index in [9.17, 15) is 18.0 Å². The van der Waals surface area contributed by atoms with Crippen molar-refractivity contribution in [3.63, 3.8) is 0 Å². The first-order valence-electron chi connectivity index (χ1n) is 7.19. The summed E-state index contributed by atoms with van der Waals surface area (Å²) in [4.78, 5) is 13.5. The molecular weight excluding hydrogens is 293 g/mol. The molecular formula is C16H17F3N2O. The summed E-state index contributed by atoms with van der Waals surface area (Å²) in [6.45, 7) is 4.06. The standard InChI is InChI=1S/C16H17F3N2O/c1-8(2)12-13(16(17,18)19)14-10(7-11(22)20-14)9-5-4-6-21(3)15(9)12/h4-5,8H,6-7H2,1-3H3,(H,20,22). The number of alkyl halides is 3. The van der Waals surface area contributed by atoms with Crippen LogP contribution in [-0.2, 0) is 17.4 Å². The molecule has 0 atom stereocenters. The molecule has 0 radical (unpaired) electrons. The number of nitrogens with zero attached hydrogens (tertiary/aromatic N) is 1. The molecule has 118 valence electrons. The van der Waals surface area contributed by atoms with Gasteiger partial charge in [-0.1, -0.05) is 26.0 Å². The lowest BCUT2D eigenvalue weighted by molar-refractivity contribution is -0.137. The minimum absolute atomic E-state index is 0.00268. The number of amides is 1. The molecule has 0 saturated carbocycles. The van der Waals surface area contributed by atoms with Crippen LogP contribution < -0.4 is 10.2 Å². The Morgan fingerprint density at radius 3 is 2.59 bits per heavy atom. The van der Waals surface area contributed by atoms with Gasteiger partial charge in [-0.2, -0.15) is 13.2 Å². The lowest BCUT2D eigenvalue weighted by Crippen LogP contribution is -2.26. The molecule has 2 aliphatic heterocycles. The molecule has 3 rings (SSSR count). The number of anilines is 2. The topological polar surface area (TPSA) is 32.3 Å². The molecule has 2 heterocycles. The second-order valence-corrected chi connectivity index (χ2v) is 6.06. The molecule has 1 N–H and O–H groups in total. The van der Waals surface area contributed by atoms with Gasteiger partial charge in [-0.05, 0) is 17.0 Å². The lowest BCUT2D eigenvalue weighted by Gasteiger charge is -2.32. The fourth-order valence-corrected chi connectivity index (χ4v) is 3.36. The normalized spacial score (nSPS) is 16.9. The van der Waals surface area contributed by atoms with E-state index in [0.29, 0.717) is 17.8 Å². The molecule has 22 heavy (non-hydrogen) atoms. The van der Waals surface area contributed by atoms with Crippen molar-refractivity contribution in [2.45, 2.75) is 32.4 Å². The van der Waals surface area contributed by atoms with Gasteiger partial charge in [0.1, 0.15) is 0 Å². The van der Waals surface area contributed by atoms with Crippen LogP contribution in [0.1, 0.15) is 42.0 Å². The van der Waals surface area contributed by atoms with Crippen molar-refractivity contribution in [3.8, 4) is 0 Å². The summed E-state index contributed by atoms with van der Waals surface area (Å²) in [5.74, 6) is -0.688. The predicted molar refractivity (Wildman–Crippen MR) is 80.2 cm³/mol. The molecule has 3 nitrogen and oxygen atoms in total. The van der Waals surface area contributed by atoms with Crippen LogP contribution in [0.15, 0.2) is 6.08 Å². The number of benzene rings is 1. The van der Waals surface area contributed by atoms with Crippen molar-refractivity contribution in [3.05, 3.63) is 28.3 Å². The fourth-order valence-electron chi connectivity index (χ4n) is 3.36. The molecule has 0 aromatic heterocycles. The number of carbonyl (C=O) groups excluding carboxylic acids is 1. The molecule has 6 heteroatoms. The molecule has 1 aromatic carbocycles. The molecule has 0 unspecified atom stereocenters. The summed E-state index contributed by atoms with van der Waals surface area (Å²) < 4.78 is 41.1. The Balaban J connectivity index is 2.45. The summed E-state index contributed by atoms with van der Waals surface area (Å²) >= 11 is 0. The SMILES string of the molecule is CC(C)c1c2c(c3c(c1C(F)(F)F)NC(=O)C3)C=CCN2C. The van der Waals surface area contributed by atoms with E-state index in [1.807, 2.05) is 17.1 Å². The number of nitrogens with one attached hydrogen (secondary N) is 1. The first-order chi connectivity index (χ1) is 10.2. The summed E-state index contributed by atoms with van der Waals surface area (Å²) in [6.07, 6.45) is -0.765. The van der Waals surface area contributed by atoms with E-state index >= 15 is 0 Å². The summed E-state index contributed by atoms with van der Waals surface area (Å²) in [5.41, 5.74) is 1.30. The third-order valence-corrected chi connectivity index (χ3v) is 4.16. The van der Waals surface area contributed by atoms with Gasteiger partial charge in [-0.15, -0.1) is 0 Å². The average molecular weight is 310 g/mol. The second-order valence-electron chi connectivity index (χ2n) is 6.06. The maximum Gasteiger partial charge on any atom is 0.418 e. The number of likely N-dealkylation sites (N-methyl/N-ethyl adjacent to an activating group) is 1. The van der Waals surface area contributed by atoms with Crippen LogP contribution >= 0.6 is 0 Å². The Kier molecular flexibility index (Phi) is 3.23. The molecule has 0 fully saturated rings. The zero-order valence-electron chi connectivity index (χ0n) is 12.6. The number of hydrogen-bond acceptors (Lipinski definition) is 2. The number of rotatable bonds is 1. The molecule has 0 saturated heterocycles. The summed E-state index contributed by atoms with van der Waals surface area (Å²) in [6, 6.07) is 0. The van der Waals surface area contributed by atoms with Crippen molar-refractivity contribution >= 4 is 23.4 Å². The Morgan fingerprint density at radius 1 is 1.32 bits per heavy atom. The minimum Gasteiger partial charge on any atom is -0.370 e. The minimum atomic E-state index is -4.50. The first kappa shape index (κ1) is 14.9. The van der Waals surface area contributed by atoms with Crippen LogP contribution in [0.5, 0.6) is 0 Å². The van der Waals surface area contributed by atoms with Crippen LogP contribution in [0, 0.1) is 0 Å². The van der Waals surface area contributed by atoms with Crippen LogP contribution in [0.4, 0.5) is 24.5 Å². The van der Waals surface area contributed by atoms with Gasteiger partial charge >= 0.3 is 6.18 Å². The van der Waals surface area contributed by atoms with Gasteiger partial charge in [0.25, 0.3) is 0 Å². The summed E-state index contributed by atoms with van der Waals surface area (Å²) in [7, 11) is 1.78. The van der Waals surface area contributed by atoms with Gasteiger partial charge in [-0.25, -0.2) is 0 Å².